The molecule has 2 saturated carbocycles. The van der Waals surface area contributed by atoms with Crippen LogP contribution in [-0.2, 0) is 14.3 Å². The maximum absolute atomic E-state index is 13.1. The molecule has 0 aliphatic heterocycles. The number of fused-ring (bicyclic) bond motifs is 2. The Labute approximate surface area is 194 Å². The number of hydrazine groups is 1. The highest BCUT2D eigenvalue weighted by Gasteiger charge is 2.54. The van der Waals surface area contributed by atoms with Gasteiger partial charge in [-0.1, -0.05) is 46.3 Å². The molecular weight excluding hydrogens is 476 g/mol. The molecule has 166 valence electrons. The van der Waals surface area contributed by atoms with Crippen LogP contribution >= 0.6 is 15.9 Å². The molecule has 2 amide bonds. The van der Waals surface area contributed by atoms with Gasteiger partial charge in [0, 0.05) is 21.5 Å². The van der Waals surface area contributed by atoms with Crippen LogP contribution in [-0.4, -0.2) is 30.2 Å². The molecule has 0 saturated heterocycles. The molecule has 0 radical (unpaired) electrons. The topological polar surface area (TPSA) is 102 Å². The fourth-order valence-corrected chi connectivity index (χ4v) is 5.14. The summed E-state index contributed by atoms with van der Waals surface area (Å²) in [5, 5.41) is 0. The molecule has 7 nitrogen and oxygen atoms in total. The number of esters is 1. The van der Waals surface area contributed by atoms with Gasteiger partial charge in [0.25, 0.3) is 11.8 Å². The van der Waals surface area contributed by atoms with Crippen molar-refractivity contribution in [2.45, 2.75) is 19.3 Å². The summed E-state index contributed by atoms with van der Waals surface area (Å²) >= 11 is 3.29. The minimum Gasteiger partial charge on any atom is -0.455 e. The van der Waals surface area contributed by atoms with E-state index in [0.717, 1.165) is 23.7 Å². The molecule has 2 fully saturated rings. The van der Waals surface area contributed by atoms with Gasteiger partial charge >= 0.3 is 5.97 Å². The van der Waals surface area contributed by atoms with Gasteiger partial charge in [-0.05, 0) is 55.4 Å². The van der Waals surface area contributed by atoms with Gasteiger partial charge in [-0.15, -0.1) is 0 Å². The first-order valence-electron chi connectivity index (χ1n) is 10.5. The van der Waals surface area contributed by atoms with Crippen molar-refractivity contribution in [2.75, 3.05) is 6.61 Å². The number of ether oxygens (including phenoxy) is 1. The molecular formula is C24H23BrN2O5. The average molecular weight is 499 g/mol. The lowest BCUT2D eigenvalue weighted by molar-refractivity contribution is -0.155. The first-order valence-corrected chi connectivity index (χ1v) is 11.3. The summed E-state index contributed by atoms with van der Waals surface area (Å²) in [4.78, 5) is 50.0. The Morgan fingerprint density at radius 2 is 1.50 bits per heavy atom. The maximum atomic E-state index is 13.1. The van der Waals surface area contributed by atoms with Gasteiger partial charge in [0.05, 0.1) is 5.92 Å². The minimum absolute atomic E-state index is 0.0361. The fourth-order valence-electron chi connectivity index (χ4n) is 4.87. The van der Waals surface area contributed by atoms with E-state index >= 15 is 0 Å². The van der Waals surface area contributed by atoms with Gasteiger partial charge in [0.15, 0.2) is 12.4 Å². The second-order valence-electron chi connectivity index (χ2n) is 8.23. The van der Waals surface area contributed by atoms with Crippen LogP contribution in [0.4, 0.5) is 0 Å². The summed E-state index contributed by atoms with van der Waals surface area (Å²) in [6.45, 7) is -0.528. The number of rotatable bonds is 6. The van der Waals surface area contributed by atoms with E-state index in [2.05, 4.69) is 26.8 Å². The van der Waals surface area contributed by atoms with Gasteiger partial charge in [0.2, 0.25) is 0 Å². The Balaban J connectivity index is 1.31. The van der Waals surface area contributed by atoms with E-state index in [1.54, 1.807) is 48.5 Å². The number of benzene rings is 2. The van der Waals surface area contributed by atoms with Crippen LogP contribution in [0.2, 0.25) is 0 Å². The predicted molar refractivity (Wildman–Crippen MR) is 119 cm³/mol. The molecule has 0 aromatic heterocycles. The summed E-state index contributed by atoms with van der Waals surface area (Å²) in [6.07, 6.45) is 2.65. The standard InChI is InChI=1S/C24H23BrN2O5/c25-18-10-8-15(9-11-18)23(30)27-26-19(28)13-32-24(31)21-17-7-6-16(12-17)20(21)22(29)14-4-2-1-3-5-14/h1-5,8-11,16-17,20-21H,6-7,12-13H2,(H,26,28)(H,27,30)/t16-,17-,20-,21-/m0/s1. The molecule has 32 heavy (non-hydrogen) atoms. The molecule has 2 aliphatic carbocycles. The molecule has 4 atom stereocenters. The molecule has 2 bridgehead atoms. The normalized spacial score (nSPS) is 23.4. The molecule has 0 unspecified atom stereocenters. The van der Waals surface area contributed by atoms with E-state index in [1.807, 2.05) is 6.07 Å². The number of carbonyl (C=O) groups is 4. The van der Waals surface area contributed by atoms with E-state index in [9.17, 15) is 19.2 Å². The highest BCUT2D eigenvalue weighted by atomic mass is 79.9. The fraction of sp³-hybridized carbons (Fsp3) is 0.333. The zero-order valence-electron chi connectivity index (χ0n) is 17.3. The lowest BCUT2D eigenvalue weighted by Gasteiger charge is -2.28. The van der Waals surface area contributed by atoms with Crippen LogP contribution in [0, 0.1) is 23.7 Å². The third-order valence-corrected chi connectivity index (χ3v) is 6.85. The minimum atomic E-state index is -0.655. The molecule has 2 aromatic carbocycles. The Hall–Kier alpha value is -3.00. The van der Waals surface area contributed by atoms with Crippen molar-refractivity contribution in [3.63, 3.8) is 0 Å². The van der Waals surface area contributed by atoms with E-state index < -0.39 is 36.2 Å². The van der Waals surface area contributed by atoms with Crippen molar-refractivity contribution in [1.82, 2.24) is 10.9 Å². The van der Waals surface area contributed by atoms with Crippen LogP contribution in [0.3, 0.4) is 0 Å². The highest BCUT2D eigenvalue weighted by Crippen LogP contribution is 2.53. The van der Waals surface area contributed by atoms with Crippen LogP contribution < -0.4 is 10.9 Å². The van der Waals surface area contributed by atoms with E-state index in [4.69, 9.17) is 4.74 Å². The van der Waals surface area contributed by atoms with Gasteiger partial charge in [0.1, 0.15) is 0 Å². The summed E-state index contributed by atoms with van der Waals surface area (Å²) in [7, 11) is 0. The number of ketones is 1. The Morgan fingerprint density at radius 3 is 2.19 bits per heavy atom. The Kier molecular flexibility index (Phi) is 6.69. The summed E-state index contributed by atoms with van der Waals surface area (Å²) < 4.78 is 6.08. The van der Waals surface area contributed by atoms with Crippen LogP contribution in [0.25, 0.3) is 0 Å². The van der Waals surface area contributed by atoms with Crippen molar-refractivity contribution in [1.29, 1.82) is 0 Å². The van der Waals surface area contributed by atoms with Gasteiger partial charge in [-0.25, -0.2) is 0 Å². The Bertz CT molecular complexity index is 1020. The van der Waals surface area contributed by atoms with E-state index in [0.29, 0.717) is 11.1 Å². The molecule has 0 heterocycles. The molecule has 0 spiro atoms. The number of Topliss-reactive ketones (excluding diaryl/α,β-unsaturated/α-hetero) is 1. The van der Waals surface area contributed by atoms with Crippen LogP contribution in [0.1, 0.15) is 40.0 Å². The third-order valence-electron chi connectivity index (χ3n) is 6.32. The number of hydrogen-bond acceptors (Lipinski definition) is 5. The molecule has 8 heteroatoms. The van der Waals surface area contributed by atoms with Crippen molar-refractivity contribution >= 4 is 39.5 Å². The van der Waals surface area contributed by atoms with Crippen molar-refractivity contribution in [3.8, 4) is 0 Å². The van der Waals surface area contributed by atoms with Crippen molar-refractivity contribution in [3.05, 3.63) is 70.2 Å². The lowest BCUT2D eigenvalue weighted by Crippen LogP contribution is -2.44. The van der Waals surface area contributed by atoms with Gasteiger partial charge in [-0.3, -0.25) is 30.0 Å². The smallest absolute Gasteiger partial charge is 0.310 e. The SMILES string of the molecule is O=C(COC(=O)[C@H]1[C@H]2CC[C@@H](C2)[C@@H]1C(=O)c1ccccc1)NNC(=O)c1ccc(Br)cc1. The molecule has 4 rings (SSSR count). The number of nitrogens with one attached hydrogen (secondary N) is 2. The number of halogens is 1. The van der Waals surface area contributed by atoms with Crippen LogP contribution in [0.5, 0.6) is 0 Å². The second kappa shape index (κ2) is 9.65. The molecule has 2 N–H and O–H groups in total. The summed E-state index contributed by atoms with van der Waals surface area (Å²) in [5.41, 5.74) is 5.49. The number of amides is 2. The Morgan fingerprint density at radius 1 is 0.844 bits per heavy atom. The number of hydrogen-bond donors (Lipinski definition) is 2. The first kappa shape index (κ1) is 22.2. The zero-order chi connectivity index (χ0) is 22.7. The van der Waals surface area contributed by atoms with Gasteiger partial charge in [-0.2, -0.15) is 0 Å². The van der Waals surface area contributed by atoms with Crippen molar-refractivity contribution < 1.29 is 23.9 Å². The largest absolute Gasteiger partial charge is 0.455 e. The summed E-state index contributed by atoms with van der Waals surface area (Å²) in [5.74, 6) is -2.38. The molecule has 2 aliphatic rings. The monoisotopic (exact) mass is 498 g/mol. The predicted octanol–water partition coefficient (Wildman–Crippen LogP) is 3.30. The average Bonchev–Trinajstić information content (AvgIpc) is 3.43. The number of carbonyl (C=O) groups excluding carboxylic acids is 4. The summed E-state index contributed by atoms with van der Waals surface area (Å²) in [6, 6.07) is 15.6. The van der Waals surface area contributed by atoms with Crippen LogP contribution in [0.15, 0.2) is 59.1 Å². The zero-order valence-corrected chi connectivity index (χ0v) is 18.8. The van der Waals surface area contributed by atoms with Crippen molar-refractivity contribution in [2.24, 2.45) is 23.7 Å². The maximum Gasteiger partial charge on any atom is 0.310 e. The van der Waals surface area contributed by atoms with E-state index in [1.165, 1.54) is 0 Å². The van der Waals surface area contributed by atoms with E-state index in [-0.39, 0.29) is 17.6 Å². The second-order valence-corrected chi connectivity index (χ2v) is 9.15. The quantitative estimate of drug-likeness (QED) is 0.361. The highest BCUT2D eigenvalue weighted by molar-refractivity contribution is 9.10. The first-order chi connectivity index (χ1) is 15.4. The lowest BCUT2D eigenvalue weighted by atomic mass is 9.75. The van der Waals surface area contributed by atoms with Gasteiger partial charge < -0.3 is 4.74 Å². The third kappa shape index (κ3) is 4.75. The molecule has 2 aromatic rings.